The number of nitrogens with one attached hydrogen (secondary N) is 1. The highest BCUT2D eigenvalue weighted by Crippen LogP contribution is 2.39. The van der Waals surface area contributed by atoms with Crippen molar-refractivity contribution in [1.82, 2.24) is 4.98 Å². The maximum Gasteiger partial charge on any atom is 0.303 e. The largest absolute Gasteiger partial charge is 0.481 e. The molecule has 0 saturated heterocycles. The van der Waals surface area contributed by atoms with Crippen LogP contribution in [0, 0.1) is 6.92 Å². The van der Waals surface area contributed by atoms with E-state index in [1.54, 1.807) is 0 Å². The number of aliphatic carboxylic acids is 1. The molecule has 1 aliphatic rings. The summed E-state index contributed by atoms with van der Waals surface area (Å²) >= 11 is 0. The molecule has 18 heavy (non-hydrogen) atoms. The molecule has 3 heteroatoms. The van der Waals surface area contributed by atoms with Crippen molar-refractivity contribution in [2.45, 2.75) is 38.5 Å². The summed E-state index contributed by atoms with van der Waals surface area (Å²) in [6.45, 7) is 2.08. The number of carbonyl (C=O) groups is 1. The van der Waals surface area contributed by atoms with Gasteiger partial charge >= 0.3 is 5.97 Å². The summed E-state index contributed by atoms with van der Waals surface area (Å²) in [7, 11) is 0. The second-order valence-corrected chi connectivity index (χ2v) is 5.25. The number of aromatic nitrogens is 1. The molecule has 2 aromatic rings. The number of fused-ring (bicyclic) bond motifs is 3. The van der Waals surface area contributed by atoms with Crippen LogP contribution in [0.1, 0.15) is 42.0 Å². The third-order valence-electron chi connectivity index (χ3n) is 3.88. The first-order valence-corrected chi connectivity index (χ1v) is 6.48. The Hall–Kier alpha value is -1.77. The number of carboxylic acid groups (broad SMARTS) is 1. The quantitative estimate of drug-likeness (QED) is 0.849. The van der Waals surface area contributed by atoms with Crippen LogP contribution >= 0.6 is 0 Å². The average molecular weight is 243 g/mol. The van der Waals surface area contributed by atoms with Crippen molar-refractivity contribution in [2.75, 3.05) is 0 Å². The van der Waals surface area contributed by atoms with Gasteiger partial charge in [0.05, 0.1) is 6.42 Å². The molecule has 0 spiro atoms. The molecule has 1 aliphatic carbocycles. The number of hydrogen-bond acceptors (Lipinski definition) is 1. The lowest BCUT2D eigenvalue weighted by molar-refractivity contribution is -0.137. The van der Waals surface area contributed by atoms with Crippen molar-refractivity contribution >= 4 is 16.9 Å². The molecular formula is C15H17NO2. The van der Waals surface area contributed by atoms with Crippen LogP contribution in [0.3, 0.4) is 0 Å². The minimum atomic E-state index is -0.700. The standard InChI is InChI=1S/C15H17NO2/c1-9-5-6-11-13(7-9)16-12-4-2-3-10(15(11)12)8-14(17)18/h5-7,10,16H,2-4,8H2,1H3,(H,17,18). The maximum absolute atomic E-state index is 11.0. The topological polar surface area (TPSA) is 53.1 Å². The fourth-order valence-electron chi connectivity index (χ4n) is 3.14. The minimum Gasteiger partial charge on any atom is -0.481 e. The molecule has 1 heterocycles. The fraction of sp³-hybridized carbons (Fsp3) is 0.400. The molecule has 0 saturated carbocycles. The van der Waals surface area contributed by atoms with E-state index in [9.17, 15) is 4.79 Å². The van der Waals surface area contributed by atoms with Gasteiger partial charge in [-0.05, 0) is 49.3 Å². The Morgan fingerprint density at radius 3 is 3.11 bits per heavy atom. The van der Waals surface area contributed by atoms with E-state index in [0.717, 1.165) is 24.8 Å². The molecule has 3 rings (SSSR count). The highest BCUT2D eigenvalue weighted by molar-refractivity contribution is 5.86. The van der Waals surface area contributed by atoms with Crippen molar-refractivity contribution in [3.63, 3.8) is 0 Å². The van der Waals surface area contributed by atoms with Gasteiger partial charge in [-0.25, -0.2) is 0 Å². The predicted octanol–water partition coefficient (Wildman–Crippen LogP) is 3.37. The lowest BCUT2D eigenvalue weighted by Gasteiger charge is -2.21. The first-order chi connectivity index (χ1) is 8.65. The zero-order valence-electron chi connectivity index (χ0n) is 10.5. The monoisotopic (exact) mass is 243 g/mol. The van der Waals surface area contributed by atoms with Crippen LogP contribution < -0.4 is 0 Å². The van der Waals surface area contributed by atoms with Gasteiger partial charge in [-0.3, -0.25) is 4.79 Å². The van der Waals surface area contributed by atoms with Crippen LogP contribution in [0.15, 0.2) is 18.2 Å². The Balaban J connectivity index is 2.14. The number of carboxylic acids is 1. The van der Waals surface area contributed by atoms with Crippen LogP contribution in [-0.4, -0.2) is 16.1 Å². The van der Waals surface area contributed by atoms with Gasteiger partial charge in [0.1, 0.15) is 0 Å². The van der Waals surface area contributed by atoms with Gasteiger partial charge in [0.25, 0.3) is 0 Å². The van der Waals surface area contributed by atoms with E-state index in [1.807, 2.05) is 0 Å². The Bertz CT molecular complexity index is 612. The Labute approximate surface area is 106 Å². The van der Waals surface area contributed by atoms with Crippen LogP contribution in [0.2, 0.25) is 0 Å². The average Bonchev–Trinajstić information content (AvgIpc) is 2.66. The molecule has 1 aromatic heterocycles. The number of aromatic amines is 1. The van der Waals surface area contributed by atoms with Gasteiger partial charge < -0.3 is 10.1 Å². The second-order valence-electron chi connectivity index (χ2n) is 5.25. The zero-order valence-corrected chi connectivity index (χ0v) is 10.5. The van der Waals surface area contributed by atoms with Gasteiger partial charge in [-0.1, -0.05) is 12.1 Å². The Kier molecular flexibility index (Phi) is 2.62. The Morgan fingerprint density at radius 2 is 2.33 bits per heavy atom. The highest BCUT2D eigenvalue weighted by atomic mass is 16.4. The predicted molar refractivity (Wildman–Crippen MR) is 71.0 cm³/mol. The third kappa shape index (κ3) is 1.80. The normalized spacial score (nSPS) is 18.8. The zero-order chi connectivity index (χ0) is 12.7. The van der Waals surface area contributed by atoms with Crippen molar-refractivity contribution in [3.8, 4) is 0 Å². The molecule has 1 unspecified atom stereocenters. The second kappa shape index (κ2) is 4.16. The van der Waals surface area contributed by atoms with E-state index in [0.29, 0.717) is 0 Å². The summed E-state index contributed by atoms with van der Waals surface area (Å²) in [5.41, 5.74) is 4.87. The first kappa shape index (κ1) is 11.3. The summed E-state index contributed by atoms with van der Waals surface area (Å²) in [5.74, 6) is -0.531. The summed E-state index contributed by atoms with van der Waals surface area (Å²) < 4.78 is 0. The van der Waals surface area contributed by atoms with E-state index in [4.69, 9.17) is 5.11 Å². The van der Waals surface area contributed by atoms with E-state index in [-0.39, 0.29) is 12.3 Å². The smallest absolute Gasteiger partial charge is 0.303 e. The summed E-state index contributed by atoms with van der Waals surface area (Å²) in [5, 5.41) is 10.2. The van der Waals surface area contributed by atoms with Gasteiger partial charge in [-0.2, -0.15) is 0 Å². The van der Waals surface area contributed by atoms with Crippen molar-refractivity contribution in [3.05, 3.63) is 35.0 Å². The van der Waals surface area contributed by atoms with E-state index in [2.05, 4.69) is 30.1 Å². The van der Waals surface area contributed by atoms with Gasteiger partial charge in [0.2, 0.25) is 0 Å². The molecule has 3 nitrogen and oxygen atoms in total. The van der Waals surface area contributed by atoms with E-state index >= 15 is 0 Å². The number of aryl methyl sites for hydroxylation is 2. The van der Waals surface area contributed by atoms with Crippen LogP contribution in [0.25, 0.3) is 10.9 Å². The minimum absolute atomic E-state index is 0.169. The Morgan fingerprint density at radius 1 is 1.50 bits per heavy atom. The van der Waals surface area contributed by atoms with E-state index < -0.39 is 5.97 Å². The van der Waals surface area contributed by atoms with Gasteiger partial charge in [0.15, 0.2) is 0 Å². The molecule has 0 aliphatic heterocycles. The summed E-state index contributed by atoms with van der Waals surface area (Å²) in [4.78, 5) is 14.4. The lowest BCUT2D eigenvalue weighted by atomic mass is 9.83. The van der Waals surface area contributed by atoms with Crippen LogP contribution in [0.5, 0.6) is 0 Å². The lowest BCUT2D eigenvalue weighted by Crippen LogP contribution is -2.12. The summed E-state index contributed by atoms with van der Waals surface area (Å²) in [6, 6.07) is 6.37. The molecule has 1 aromatic carbocycles. The van der Waals surface area contributed by atoms with Crippen LogP contribution in [0.4, 0.5) is 0 Å². The molecule has 2 N–H and O–H groups in total. The fourth-order valence-corrected chi connectivity index (χ4v) is 3.14. The third-order valence-corrected chi connectivity index (χ3v) is 3.88. The van der Waals surface area contributed by atoms with Gasteiger partial charge in [0, 0.05) is 16.6 Å². The molecule has 94 valence electrons. The maximum atomic E-state index is 11.0. The van der Waals surface area contributed by atoms with Crippen molar-refractivity contribution < 1.29 is 9.90 Å². The van der Waals surface area contributed by atoms with Crippen molar-refractivity contribution in [1.29, 1.82) is 0 Å². The number of hydrogen-bond donors (Lipinski definition) is 2. The highest BCUT2D eigenvalue weighted by Gasteiger charge is 2.26. The molecule has 1 atom stereocenters. The van der Waals surface area contributed by atoms with Gasteiger partial charge in [-0.15, -0.1) is 0 Å². The molecular weight excluding hydrogens is 226 g/mol. The number of H-pyrrole nitrogens is 1. The van der Waals surface area contributed by atoms with E-state index in [1.165, 1.54) is 22.2 Å². The van der Waals surface area contributed by atoms with Crippen LogP contribution in [-0.2, 0) is 11.2 Å². The molecule has 0 fully saturated rings. The number of benzene rings is 1. The molecule has 0 radical (unpaired) electrons. The summed E-state index contributed by atoms with van der Waals surface area (Å²) in [6.07, 6.45) is 3.35. The number of rotatable bonds is 2. The SMILES string of the molecule is Cc1ccc2c3c([nH]c2c1)CCCC3CC(=O)O. The molecule has 0 amide bonds. The van der Waals surface area contributed by atoms with Crippen molar-refractivity contribution in [2.24, 2.45) is 0 Å². The molecule has 0 bridgehead atoms. The first-order valence-electron chi connectivity index (χ1n) is 6.48.